The number of rotatable bonds is 17. The average molecular weight is 844 g/mol. The van der Waals surface area contributed by atoms with E-state index in [1.807, 2.05) is 31.4 Å². The Bertz CT molecular complexity index is 1550. The molecule has 1 radical (unpaired) electrons. The molecule has 2 aliphatic rings. The number of aliphatic imine (C=N–C) groups is 2. The van der Waals surface area contributed by atoms with Gasteiger partial charge in [0.15, 0.2) is 31.3 Å². The minimum Gasteiger partial charge on any atom is -0.594 e. The van der Waals surface area contributed by atoms with Crippen LogP contribution in [0.25, 0.3) is 0 Å². The van der Waals surface area contributed by atoms with Crippen molar-refractivity contribution in [1.29, 1.82) is 5.26 Å². The molecule has 0 spiro atoms. The summed E-state index contributed by atoms with van der Waals surface area (Å²) < 4.78 is 48.3. The van der Waals surface area contributed by atoms with Crippen LogP contribution < -0.4 is 9.89 Å². The lowest BCUT2D eigenvalue weighted by atomic mass is 10.1. The smallest absolute Gasteiger partial charge is 0.498 e. The molecule has 0 amide bonds. The molecule has 1 unspecified atom stereocenters. The third-order valence-corrected chi connectivity index (χ3v) is 27.3. The van der Waals surface area contributed by atoms with Gasteiger partial charge in [0.25, 0.3) is 6.34 Å². The molecule has 1 saturated heterocycles. The Hall–Kier alpha value is -1.40. The lowest BCUT2D eigenvalue weighted by molar-refractivity contribution is -1.08. The lowest BCUT2D eigenvalue weighted by Crippen LogP contribution is -2.54. The van der Waals surface area contributed by atoms with Gasteiger partial charge in [-0.1, -0.05) is 72.3 Å². The molecule has 313 valence electrons. The topological polar surface area (TPSA) is 156 Å². The van der Waals surface area contributed by atoms with Crippen molar-refractivity contribution in [2.24, 2.45) is 4.99 Å². The van der Waals surface area contributed by atoms with Gasteiger partial charge in [-0.15, -0.1) is 4.65 Å². The fourth-order valence-corrected chi connectivity index (χ4v) is 10.6. The Balaban J connectivity index is 2.16. The molecule has 0 N–H and O–H groups in total. The van der Waals surface area contributed by atoms with Gasteiger partial charge < -0.3 is 22.9 Å². The zero-order valence-corrected chi connectivity index (χ0v) is 41.0. The molecule has 1 aromatic rings. The van der Waals surface area contributed by atoms with Gasteiger partial charge in [-0.25, -0.2) is 14.1 Å². The van der Waals surface area contributed by atoms with Gasteiger partial charge in [0.2, 0.25) is 11.9 Å². The van der Waals surface area contributed by atoms with Crippen molar-refractivity contribution in [3.05, 3.63) is 12.0 Å². The first-order valence-electron chi connectivity index (χ1n) is 19.7. The number of hydrogen-bond acceptors (Lipinski definition) is 12. The molecule has 3 heterocycles. The largest absolute Gasteiger partial charge is 0.594 e. The summed E-state index contributed by atoms with van der Waals surface area (Å²) in [6.45, 7) is 41.0. The number of quaternary nitrogens is 1. The van der Waals surface area contributed by atoms with E-state index in [0.29, 0.717) is 32.1 Å². The van der Waals surface area contributed by atoms with E-state index in [1.165, 1.54) is 6.34 Å². The maximum Gasteiger partial charge on any atom is 0.498 e. The molecule has 14 nitrogen and oxygen atoms in total. The van der Waals surface area contributed by atoms with E-state index < -0.39 is 57.7 Å². The molecule has 1 fully saturated rings. The Morgan fingerprint density at radius 2 is 1.42 bits per heavy atom. The van der Waals surface area contributed by atoms with Crippen LogP contribution in [0.4, 0.5) is 5.82 Å². The predicted octanol–water partition coefficient (Wildman–Crippen LogP) is 8.13. The van der Waals surface area contributed by atoms with Crippen molar-refractivity contribution in [1.82, 2.24) is 14.5 Å². The van der Waals surface area contributed by atoms with Crippen molar-refractivity contribution in [3.63, 3.8) is 0 Å². The number of hydrogen-bond donors (Lipinski definition) is 0. The van der Waals surface area contributed by atoms with Gasteiger partial charge in [-0.3, -0.25) is 0 Å². The molecule has 0 saturated carbocycles. The SMILES string of the molecule is CC[N+](CC)(CC)O[P+]([O-])(OCCC#N)OC1=NC=[N+]c2c1ncn2[C@@H]1O[C@H](CO[Si](C)(C)C(C)(C)C)[C@@H](O[Si](C)(C)C(C)(C)C)[C@H]1O[Si](C)(C)C(C)(C)C. The number of ether oxygens (including phenoxy) is 1. The number of imidazole rings is 1. The number of fused-ring (bicyclic) bond motifs is 1. The van der Waals surface area contributed by atoms with Crippen LogP contribution in [0.2, 0.25) is 54.4 Å². The predicted molar refractivity (Wildman–Crippen MR) is 225 cm³/mol. The highest BCUT2D eigenvalue weighted by atomic mass is 31.2. The molecule has 2 aliphatic heterocycles. The Labute approximate surface area is 335 Å². The van der Waals surface area contributed by atoms with E-state index in [0.717, 1.165) is 0 Å². The summed E-state index contributed by atoms with van der Waals surface area (Å²) in [6, 6.07) is 2.01. The summed E-state index contributed by atoms with van der Waals surface area (Å²) in [7, 11) is -11.3. The summed E-state index contributed by atoms with van der Waals surface area (Å²) in [5.74, 6) is 0.318. The van der Waals surface area contributed by atoms with Gasteiger partial charge in [0.1, 0.15) is 44.6 Å². The standard InChI is InChI=1S/C37H72N6O8PSi3/c1-19-43(20-2,21-3)51-52(44,45-24-22-23-38)48-33-29-32(39-26-40-33)42(27-41-29)34-31(50-55(17,18)37(10,11)12)30(49-54(15,16)36(7,8)9)28(47-34)25-46-53(13,14)35(4,5)6/h26-28,30-31,34H,19-22,24-25H2,1-18H3/q+2/t28-,30-,31-,34-,52?/m1/s1. The molecule has 0 aromatic carbocycles. The highest BCUT2D eigenvalue weighted by Gasteiger charge is 2.57. The third kappa shape index (κ3) is 11.0. The Morgan fingerprint density at radius 3 is 1.91 bits per heavy atom. The minimum atomic E-state index is -4.32. The van der Waals surface area contributed by atoms with E-state index >= 15 is 0 Å². The summed E-state index contributed by atoms with van der Waals surface area (Å²) in [4.78, 5) is 28.0. The molecule has 0 aliphatic carbocycles. The van der Waals surface area contributed by atoms with Crippen LogP contribution in [0.1, 0.15) is 101 Å². The second kappa shape index (κ2) is 17.4. The van der Waals surface area contributed by atoms with Gasteiger partial charge in [0, 0.05) is 4.62 Å². The van der Waals surface area contributed by atoms with Crippen LogP contribution >= 0.6 is 8.17 Å². The Kier molecular flexibility index (Phi) is 15.2. The maximum atomic E-state index is 14.3. The maximum absolute atomic E-state index is 14.3. The van der Waals surface area contributed by atoms with Crippen molar-refractivity contribution in [3.8, 4) is 6.07 Å². The fraction of sp³-hybridized carbons (Fsp3) is 0.838. The van der Waals surface area contributed by atoms with E-state index in [2.05, 4.69) is 112 Å². The molecule has 55 heavy (non-hydrogen) atoms. The first-order chi connectivity index (χ1) is 25.0. The summed E-state index contributed by atoms with van der Waals surface area (Å²) in [6.07, 6.45) is 0.809. The highest BCUT2D eigenvalue weighted by molar-refractivity contribution is 7.54. The zero-order chi connectivity index (χ0) is 42.1. The first kappa shape index (κ1) is 48.0. The van der Waals surface area contributed by atoms with Gasteiger partial charge in [-0.05, 0) is 75.2 Å². The second-order valence-corrected chi connectivity index (χ2v) is 35.0. The monoisotopic (exact) mass is 843 g/mol. The molecular formula is C37H72N6O8PSi3+2. The molecule has 18 heteroatoms. The van der Waals surface area contributed by atoms with E-state index in [4.69, 9.17) is 36.7 Å². The van der Waals surface area contributed by atoms with Crippen LogP contribution in [0.3, 0.4) is 0 Å². The molecule has 0 bridgehead atoms. The lowest BCUT2D eigenvalue weighted by Gasteiger charge is -2.44. The van der Waals surface area contributed by atoms with Crippen LogP contribution in [0.15, 0.2) is 11.3 Å². The average Bonchev–Trinajstić information content (AvgIpc) is 3.62. The van der Waals surface area contributed by atoms with E-state index in [-0.39, 0.29) is 44.4 Å². The third-order valence-electron chi connectivity index (χ3n) is 12.4. The Morgan fingerprint density at radius 1 is 0.891 bits per heavy atom. The zero-order valence-electron chi connectivity index (χ0n) is 37.1. The quantitative estimate of drug-likeness (QED) is 0.0494. The van der Waals surface area contributed by atoms with Crippen molar-refractivity contribution in [2.75, 3.05) is 32.8 Å². The molecule has 3 rings (SSSR count). The number of hydroxylamine groups is 3. The number of nitriles is 1. The van der Waals surface area contributed by atoms with E-state index in [9.17, 15) is 10.2 Å². The summed E-state index contributed by atoms with van der Waals surface area (Å²) in [5.41, 5.74) is 0.246. The van der Waals surface area contributed by atoms with E-state index in [1.54, 1.807) is 6.33 Å². The van der Waals surface area contributed by atoms with Crippen molar-refractivity contribution < 1.29 is 41.2 Å². The highest BCUT2D eigenvalue weighted by Crippen LogP contribution is 2.57. The minimum absolute atomic E-state index is 0.00194. The van der Waals surface area contributed by atoms with Crippen molar-refractivity contribution in [2.45, 2.75) is 168 Å². The summed E-state index contributed by atoms with van der Waals surface area (Å²) >= 11 is 0. The van der Waals surface area contributed by atoms with Crippen LogP contribution in [0, 0.1) is 11.3 Å². The molecular weight excluding hydrogens is 772 g/mol. The fourth-order valence-electron chi connectivity index (χ4n) is 5.39. The molecule has 1 aromatic heterocycles. The number of aromatic nitrogens is 2. The second-order valence-electron chi connectivity index (χ2n) is 19.2. The number of phosphoric ester groups is 1. The van der Waals surface area contributed by atoms with Crippen LogP contribution in [-0.2, 0) is 31.7 Å². The van der Waals surface area contributed by atoms with Crippen molar-refractivity contribution >= 4 is 51.2 Å². The number of phosphoric acid groups is 1. The van der Waals surface area contributed by atoms with Gasteiger partial charge >= 0.3 is 19.9 Å². The van der Waals surface area contributed by atoms with Gasteiger partial charge in [-0.2, -0.15) is 9.79 Å². The molecule has 5 atom stereocenters. The van der Waals surface area contributed by atoms with Gasteiger partial charge in [0.05, 0.1) is 19.1 Å². The normalized spacial score (nSPS) is 22.6. The first-order valence-corrected chi connectivity index (χ1v) is 29.9. The summed E-state index contributed by atoms with van der Waals surface area (Å²) in [5, 5.41) is 9.00. The van der Waals surface area contributed by atoms with Crippen LogP contribution in [0.5, 0.6) is 0 Å². The number of nitrogens with zero attached hydrogens (tertiary/aromatic N) is 6. The van der Waals surface area contributed by atoms with Crippen LogP contribution in [-0.4, -0.2) is 103 Å².